The van der Waals surface area contributed by atoms with Gasteiger partial charge in [-0.2, -0.15) is 0 Å². The first-order chi connectivity index (χ1) is 14.1. The number of nitrogens with two attached hydrogens (primary N) is 1. The topological polar surface area (TPSA) is 49.6 Å². The summed E-state index contributed by atoms with van der Waals surface area (Å²) in [5, 5.41) is 0. The number of nitrogens with zero attached hydrogens (tertiary/aromatic N) is 2. The number of hydrogen-bond acceptors (Lipinski definition) is 3. The minimum absolute atomic E-state index is 0.0987. The van der Waals surface area contributed by atoms with Crippen molar-refractivity contribution in [2.45, 2.75) is 50.6 Å². The van der Waals surface area contributed by atoms with Crippen molar-refractivity contribution in [3.05, 3.63) is 65.5 Å². The Morgan fingerprint density at radius 2 is 1.90 bits per heavy atom. The molecule has 0 unspecified atom stereocenters. The first kappa shape index (κ1) is 19.9. The zero-order valence-corrected chi connectivity index (χ0v) is 16.9. The Morgan fingerprint density at radius 3 is 2.76 bits per heavy atom. The van der Waals surface area contributed by atoms with Gasteiger partial charge in [-0.15, -0.1) is 0 Å². The van der Waals surface area contributed by atoms with Gasteiger partial charge in [-0.3, -0.25) is 4.79 Å². The van der Waals surface area contributed by atoms with Crippen LogP contribution < -0.4 is 10.6 Å². The minimum Gasteiger partial charge on any atom is -0.369 e. The lowest BCUT2D eigenvalue weighted by atomic mass is 10.0. The van der Waals surface area contributed by atoms with Crippen LogP contribution in [0.5, 0.6) is 0 Å². The molecule has 2 atom stereocenters. The molecule has 0 spiro atoms. The monoisotopic (exact) mass is 395 g/mol. The van der Waals surface area contributed by atoms with Crippen LogP contribution in [0.15, 0.2) is 48.5 Å². The van der Waals surface area contributed by atoms with Crippen molar-refractivity contribution in [2.24, 2.45) is 5.73 Å². The summed E-state index contributed by atoms with van der Waals surface area (Å²) in [4.78, 5) is 17.4. The summed E-state index contributed by atoms with van der Waals surface area (Å²) in [6.45, 7) is 2.72. The van der Waals surface area contributed by atoms with Gasteiger partial charge in [0.15, 0.2) is 0 Å². The number of likely N-dealkylation sites (tertiary alicyclic amines) is 1. The van der Waals surface area contributed by atoms with Gasteiger partial charge in [0.2, 0.25) is 5.91 Å². The Kier molecular flexibility index (Phi) is 6.14. The molecular formula is C24H30FN3O. The van der Waals surface area contributed by atoms with E-state index >= 15 is 0 Å². The number of amides is 1. The highest BCUT2D eigenvalue weighted by atomic mass is 19.1. The van der Waals surface area contributed by atoms with Crippen molar-refractivity contribution < 1.29 is 9.18 Å². The van der Waals surface area contributed by atoms with Gasteiger partial charge in [-0.05, 0) is 55.4 Å². The second-order valence-electron chi connectivity index (χ2n) is 8.32. The van der Waals surface area contributed by atoms with Crippen LogP contribution in [0.1, 0.15) is 36.8 Å². The van der Waals surface area contributed by atoms with E-state index in [1.165, 1.54) is 17.3 Å². The standard InChI is InChI=1S/C24H30FN3O/c25-22-11-3-1-8-19(22)15-20(26)16-24(29)28-14-6-10-21(28)17-27-13-5-9-18-7-2-4-12-23(18)27/h1-4,7-8,11-12,20-21H,5-6,9-10,13-17,26H2/t20-,21+/m1/s1. The second-order valence-corrected chi connectivity index (χ2v) is 8.32. The summed E-state index contributed by atoms with van der Waals surface area (Å²) < 4.78 is 13.9. The highest BCUT2D eigenvalue weighted by molar-refractivity contribution is 5.77. The van der Waals surface area contributed by atoms with Crippen LogP contribution >= 0.6 is 0 Å². The number of para-hydroxylation sites is 1. The average Bonchev–Trinajstić information content (AvgIpc) is 3.18. The molecule has 1 amide bonds. The predicted octanol–water partition coefficient (Wildman–Crippen LogP) is 3.53. The molecule has 2 N–H and O–H groups in total. The number of halogens is 1. The van der Waals surface area contributed by atoms with E-state index in [2.05, 4.69) is 29.2 Å². The number of hydrogen-bond donors (Lipinski definition) is 1. The van der Waals surface area contributed by atoms with Crippen LogP contribution in [0.25, 0.3) is 0 Å². The summed E-state index contributed by atoms with van der Waals surface area (Å²) >= 11 is 0. The quantitative estimate of drug-likeness (QED) is 0.814. The maximum Gasteiger partial charge on any atom is 0.224 e. The minimum atomic E-state index is -0.364. The number of aryl methyl sites for hydroxylation is 1. The van der Waals surface area contributed by atoms with Crippen LogP contribution in [-0.2, 0) is 17.6 Å². The Balaban J connectivity index is 1.37. The fraction of sp³-hybridized carbons (Fsp3) is 0.458. The number of rotatable bonds is 6. The normalized spacial score (nSPS) is 19.9. The first-order valence-corrected chi connectivity index (χ1v) is 10.7. The Labute approximate surface area is 172 Å². The van der Waals surface area contributed by atoms with Gasteiger partial charge in [0, 0.05) is 43.8 Å². The van der Waals surface area contributed by atoms with Gasteiger partial charge in [-0.25, -0.2) is 4.39 Å². The van der Waals surface area contributed by atoms with E-state index in [1.807, 2.05) is 4.90 Å². The van der Waals surface area contributed by atoms with E-state index in [9.17, 15) is 9.18 Å². The number of carbonyl (C=O) groups is 1. The van der Waals surface area contributed by atoms with Crippen molar-refractivity contribution in [2.75, 3.05) is 24.5 Å². The molecule has 2 aliphatic rings. The lowest BCUT2D eigenvalue weighted by Crippen LogP contribution is -2.46. The van der Waals surface area contributed by atoms with E-state index in [0.717, 1.165) is 45.3 Å². The predicted molar refractivity (Wildman–Crippen MR) is 114 cm³/mol. The molecule has 2 aliphatic heterocycles. The molecule has 5 heteroatoms. The van der Waals surface area contributed by atoms with Gasteiger partial charge in [0.25, 0.3) is 0 Å². The SMILES string of the molecule is N[C@@H](CC(=O)N1CCC[C@H]1CN1CCCc2ccccc21)Cc1ccccc1F. The highest BCUT2D eigenvalue weighted by Crippen LogP contribution is 2.29. The Morgan fingerprint density at radius 1 is 1.10 bits per heavy atom. The third-order valence-electron chi connectivity index (χ3n) is 6.21. The van der Waals surface area contributed by atoms with Crippen molar-refractivity contribution in [3.63, 3.8) is 0 Å². The zero-order valence-electron chi connectivity index (χ0n) is 16.9. The Bertz CT molecular complexity index is 856. The van der Waals surface area contributed by atoms with Gasteiger partial charge in [-0.1, -0.05) is 36.4 Å². The molecule has 0 saturated carbocycles. The zero-order chi connectivity index (χ0) is 20.2. The Hall–Kier alpha value is -2.40. The molecule has 1 fully saturated rings. The van der Waals surface area contributed by atoms with Gasteiger partial charge in [0.05, 0.1) is 0 Å². The molecule has 0 aliphatic carbocycles. The van der Waals surface area contributed by atoms with Crippen LogP contribution in [0, 0.1) is 5.82 Å². The van der Waals surface area contributed by atoms with Crippen molar-refractivity contribution in [1.82, 2.24) is 4.90 Å². The number of fused-ring (bicyclic) bond motifs is 1. The summed E-state index contributed by atoms with van der Waals surface area (Å²) in [5.41, 5.74) is 9.51. The maximum atomic E-state index is 13.9. The van der Waals surface area contributed by atoms with E-state index in [4.69, 9.17) is 5.73 Å². The molecule has 2 heterocycles. The molecule has 4 nitrogen and oxygen atoms in total. The van der Waals surface area contributed by atoms with Crippen LogP contribution in [-0.4, -0.2) is 42.5 Å². The largest absolute Gasteiger partial charge is 0.369 e. The summed E-state index contributed by atoms with van der Waals surface area (Å²) in [7, 11) is 0. The number of anilines is 1. The van der Waals surface area contributed by atoms with E-state index in [1.54, 1.807) is 18.2 Å². The van der Waals surface area contributed by atoms with Crippen molar-refractivity contribution in [3.8, 4) is 0 Å². The van der Waals surface area contributed by atoms with Crippen LogP contribution in [0.4, 0.5) is 10.1 Å². The van der Waals surface area contributed by atoms with Crippen molar-refractivity contribution >= 4 is 11.6 Å². The van der Waals surface area contributed by atoms with E-state index in [-0.39, 0.29) is 30.2 Å². The summed E-state index contributed by atoms with van der Waals surface area (Å²) in [5.74, 6) is -0.153. The lowest BCUT2D eigenvalue weighted by Gasteiger charge is -2.36. The second kappa shape index (κ2) is 8.95. The molecule has 2 aromatic carbocycles. The summed E-state index contributed by atoms with van der Waals surface area (Å²) in [6, 6.07) is 15.1. The average molecular weight is 396 g/mol. The van der Waals surface area contributed by atoms with Crippen molar-refractivity contribution in [1.29, 1.82) is 0 Å². The molecular weight excluding hydrogens is 365 g/mol. The van der Waals surface area contributed by atoms with E-state index < -0.39 is 0 Å². The first-order valence-electron chi connectivity index (χ1n) is 10.7. The molecule has 0 aromatic heterocycles. The lowest BCUT2D eigenvalue weighted by molar-refractivity contribution is -0.132. The molecule has 1 saturated heterocycles. The summed E-state index contributed by atoms with van der Waals surface area (Å²) in [6.07, 6.45) is 5.01. The molecule has 2 aromatic rings. The van der Waals surface area contributed by atoms with E-state index in [0.29, 0.717) is 12.0 Å². The third-order valence-corrected chi connectivity index (χ3v) is 6.21. The molecule has 4 rings (SSSR count). The number of benzene rings is 2. The maximum absolute atomic E-state index is 13.9. The smallest absolute Gasteiger partial charge is 0.224 e. The van der Waals surface area contributed by atoms with Crippen LogP contribution in [0.3, 0.4) is 0 Å². The van der Waals surface area contributed by atoms with Gasteiger partial charge in [0.1, 0.15) is 5.82 Å². The van der Waals surface area contributed by atoms with Gasteiger partial charge >= 0.3 is 0 Å². The fourth-order valence-electron chi connectivity index (χ4n) is 4.77. The highest BCUT2D eigenvalue weighted by Gasteiger charge is 2.31. The van der Waals surface area contributed by atoms with Crippen LogP contribution in [0.2, 0.25) is 0 Å². The fourth-order valence-corrected chi connectivity index (χ4v) is 4.77. The molecule has 154 valence electrons. The number of carbonyl (C=O) groups excluding carboxylic acids is 1. The molecule has 0 bridgehead atoms. The van der Waals surface area contributed by atoms with Gasteiger partial charge < -0.3 is 15.5 Å². The molecule has 0 radical (unpaired) electrons. The molecule has 29 heavy (non-hydrogen) atoms. The third kappa shape index (κ3) is 4.61.